The van der Waals surface area contributed by atoms with Crippen molar-refractivity contribution < 1.29 is 9.84 Å². The maximum atomic E-state index is 10.1. The molecule has 1 aromatic rings. The second-order valence-corrected chi connectivity index (χ2v) is 6.13. The molecule has 2 aliphatic rings. The van der Waals surface area contributed by atoms with Crippen LogP contribution in [-0.4, -0.2) is 11.7 Å². The molecule has 0 aromatic heterocycles. The van der Waals surface area contributed by atoms with E-state index in [1.54, 1.807) is 6.07 Å². The van der Waals surface area contributed by atoms with Gasteiger partial charge < -0.3 is 9.84 Å². The number of hydrogen-bond acceptors (Lipinski definition) is 2. The Balaban J connectivity index is 2.01. The van der Waals surface area contributed by atoms with E-state index in [0.29, 0.717) is 29.4 Å². The second-order valence-electron chi connectivity index (χ2n) is 6.13. The first-order valence-electron chi connectivity index (χ1n) is 7.17. The second kappa shape index (κ2) is 4.68. The maximum absolute atomic E-state index is 10.1. The van der Waals surface area contributed by atoms with Crippen molar-refractivity contribution in [3.05, 3.63) is 41.5 Å². The molecule has 3 rings (SSSR count). The van der Waals surface area contributed by atoms with Gasteiger partial charge in [-0.05, 0) is 30.7 Å². The van der Waals surface area contributed by atoms with Crippen LogP contribution in [0, 0.1) is 23.7 Å². The van der Waals surface area contributed by atoms with Gasteiger partial charge in [-0.1, -0.05) is 43.7 Å². The minimum Gasteiger partial charge on any atom is -0.508 e. The third-order valence-corrected chi connectivity index (χ3v) is 5.01. The first kappa shape index (κ1) is 12.7. The van der Waals surface area contributed by atoms with Gasteiger partial charge in [-0.3, -0.25) is 0 Å². The molecular weight excluding hydrogens is 236 g/mol. The van der Waals surface area contributed by atoms with Crippen LogP contribution < -0.4 is 0 Å². The smallest absolute Gasteiger partial charge is 0.121 e. The fourth-order valence-corrected chi connectivity index (χ4v) is 3.96. The number of allylic oxidation sites excluding steroid dienone is 1. The minimum absolute atomic E-state index is 0.00352. The highest BCUT2D eigenvalue weighted by Gasteiger charge is 2.44. The quantitative estimate of drug-likeness (QED) is 0.773. The maximum Gasteiger partial charge on any atom is 0.121 e. The van der Waals surface area contributed by atoms with E-state index in [1.807, 2.05) is 18.2 Å². The molecule has 2 nitrogen and oxygen atoms in total. The SMILES string of the molecule is CC1=C[C@@H](C)[C@H]2CO[C@H](c3ccccc3O)[C@@H]1[C@@H]2C. The summed E-state index contributed by atoms with van der Waals surface area (Å²) < 4.78 is 6.12. The zero-order chi connectivity index (χ0) is 13.6. The highest BCUT2D eigenvalue weighted by Crippen LogP contribution is 2.50. The van der Waals surface area contributed by atoms with Gasteiger partial charge in [-0.2, -0.15) is 0 Å². The number of aromatic hydroxyl groups is 1. The van der Waals surface area contributed by atoms with E-state index >= 15 is 0 Å². The standard InChI is InChI=1S/C17H22O2/c1-10-8-11(2)16-12(3)14(10)9-19-17(16)13-6-4-5-7-15(13)18/h4-8,10,12,14,16-18H,9H2,1-3H3/t10-,12-,14-,16+,17-/m1/s1. The first-order chi connectivity index (χ1) is 9.09. The highest BCUT2D eigenvalue weighted by atomic mass is 16.5. The van der Waals surface area contributed by atoms with Gasteiger partial charge in [-0.25, -0.2) is 0 Å². The number of rotatable bonds is 1. The van der Waals surface area contributed by atoms with Crippen LogP contribution in [0.25, 0.3) is 0 Å². The fraction of sp³-hybridized carbons (Fsp3) is 0.529. The van der Waals surface area contributed by atoms with Gasteiger partial charge in [0.05, 0.1) is 12.7 Å². The van der Waals surface area contributed by atoms with Crippen molar-refractivity contribution in [3.8, 4) is 5.75 Å². The van der Waals surface area contributed by atoms with Crippen LogP contribution in [0.3, 0.4) is 0 Å². The van der Waals surface area contributed by atoms with Crippen molar-refractivity contribution >= 4 is 0 Å². The molecule has 1 aliphatic carbocycles. The lowest BCUT2D eigenvalue weighted by atomic mass is 9.64. The Hall–Kier alpha value is -1.28. The first-order valence-corrected chi connectivity index (χ1v) is 7.17. The van der Waals surface area contributed by atoms with Crippen molar-refractivity contribution in [2.75, 3.05) is 6.61 Å². The van der Waals surface area contributed by atoms with E-state index in [2.05, 4.69) is 26.8 Å². The summed E-state index contributed by atoms with van der Waals surface area (Å²) in [6, 6.07) is 7.57. The fourth-order valence-electron chi connectivity index (χ4n) is 3.96. The minimum atomic E-state index is -0.00352. The molecule has 0 amide bonds. The van der Waals surface area contributed by atoms with Crippen LogP contribution in [-0.2, 0) is 4.74 Å². The van der Waals surface area contributed by atoms with E-state index in [0.717, 1.165) is 12.2 Å². The molecule has 0 spiro atoms. The van der Waals surface area contributed by atoms with Gasteiger partial charge >= 0.3 is 0 Å². The van der Waals surface area contributed by atoms with Crippen molar-refractivity contribution in [3.63, 3.8) is 0 Å². The third-order valence-electron chi connectivity index (χ3n) is 5.01. The van der Waals surface area contributed by atoms with Crippen LogP contribution in [0.5, 0.6) is 5.75 Å². The zero-order valence-electron chi connectivity index (χ0n) is 11.8. The number of phenolic OH excluding ortho intramolecular Hbond substituents is 1. The normalized spacial score (nSPS) is 37.8. The summed E-state index contributed by atoms with van der Waals surface area (Å²) in [6.07, 6.45) is 2.39. The van der Waals surface area contributed by atoms with Crippen molar-refractivity contribution in [2.24, 2.45) is 23.7 Å². The summed E-state index contributed by atoms with van der Waals surface area (Å²) in [5.74, 6) is 2.55. The van der Waals surface area contributed by atoms with E-state index < -0.39 is 0 Å². The third kappa shape index (κ3) is 1.99. The Kier molecular flexibility index (Phi) is 3.14. The zero-order valence-corrected chi connectivity index (χ0v) is 11.8. The van der Waals surface area contributed by atoms with Crippen LogP contribution in [0.1, 0.15) is 32.4 Å². The number of para-hydroxylation sites is 1. The number of fused-ring (bicyclic) bond motifs is 2. The lowest BCUT2D eigenvalue weighted by Crippen LogP contribution is -2.42. The monoisotopic (exact) mass is 258 g/mol. The van der Waals surface area contributed by atoms with Crippen LogP contribution >= 0.6 is 0 Å². The van der Waals surface area contributed by atoms with Gasteiger partial charge in [0.15, 0.2) is 0 Å². The van der Waals surface area contributed by atoms with Crippen LogP contribution in [0.4, 0.5) is 0 Å². The number of phenols is 1. The van der Waals surface area contributed by atoms with Gasteiger partial charge in [0, 0.05) is 11.5 Å². The van der Waals surface area contributed by atoms with Crippen LogP contribution in [0.2, 0.25) is 0 Å². The van der Waals surface area contributed by atoms with Crippen molar-refractivity contribution in [1.82, 2.24) is 0 Å². The van der Waals surface area contributed by atoms with E-state index in [-0.39, 0.29) is 6.10 Å². The van der Waals surface area contributed by atoms with E-state index in [9.17, 15) is 5.11 Å². The highest BCUT2D eigenvalue weighted by molar-refractivity contribution is 5.36. The Morgan fingerprint density at radius 2 is 1.95 bits per heavy atom. The molecule has 2 bridgehead atoms. The van der Waals surface area contributed by atoms with E-state index in [1.165, 1.54) is 5.57 Å². The predicted octanol–water partition coefficient (Wildman–Crippen LogP) is 3.93. The largest absolute Gasteiger partial charge is 0.508 e. The Labute approximate surface area is 115 Å². The van der Waals surface area contributed by atoms with Gasteiger partial charge in [0.1, 0.15) is 5.75 Å². The Morgan fingerprint density at radius 3 is 2.68 bits per heavy atom. The molecule has 19 heavy (non-hydrogen) atoms. The lowest BCUT2D eigenvalue weighted by Gasteiger charge is -2.47. The molecular formula is C17H22O2. The van der Waals surface area contributed by atoms with E-state index in [4.69, 9.17) is 4.74 Å². The molecule has 2 heteroatoms. The van der Waals surface area contributed by atoms with Crippen molar-refractivity contribution in [1.29, 1.82) is 0 Å². The molecule has 102 valence electrons. The van der Waals surface area contributed by atoms with Crippen LogP contribution in [0.15, 0.2) is 35.9 Å². The molecule has 5 atom stereocenters. The number of benzene rings is 1. The molecule has 1 fully saturated rings. The average Bonchev–Trinajstić information content (AvgIpc) is 2.36. The predicted molar refractivity (Wildman–Crippen MR) is 75.9 cm³/mol. The van der Waals surface area contributed by atoms with Crippen molar-refractivity contribution in [2.45, 2.75) is 26.9 Å². The Bertz CT molecular complexity index is 506. The molecule has 0 unspecified atom stereocenters. The summed E-state index contributed by atoms with van der Waals surface area (Å²) in [5.41, 5.74) is 2.34. The summed E-state index contributed by atoms with van der Waals surface area (Å²) in [6.45, 7) is 7.61. The number of hydrogen-bond donors (Lipinski definition) is 1. The molecule has 1 aliphatic heterocycles. The number of ether oxygens (including phenoxy) is 1. The molecule has 1 aromatic carbocycles. The molecule has 1 saturated heterocycles. The summed E-state index contributed by atoms with van der Waals surface area (Å²) >= 11 is 0. The Morgan fingerprint density at radius 1 is 1.21 bits per heavy atom. The molecule has 1 heterocycles. The molecule has 1 N–H and O–H groups in total. The topological polar surface area (TPSA) is 29.5 Å². The average molecular weight is 258 g/mol. The van der Waals surface area contributed by atoms with Gasteiger partial charge in [0.25, 0.3) is 0 Å². The molecule has 0 radical (unpaired) electrons. The summed E-state index contributed by atoms with van der Waals surface area (Å²) in [4.78, 5) is 0. The summed E-state index contributed by atoms with van der Waals surface area (Å²) in [5, 5.41) is 10.1. The summed E-state index contributed by atoms with van der Waals surface area (Å²) in [7, 11) is 0. The lowest BCUT2D eigenvalue weighted by molar-refractivity contribution is -0.0941. The van der Waals surface area contributed by atoms with Gasteiger partial charge in [-0.15, -0.1) is 0 Å². The van der Waals surface area contributed by atoms with Gasteiger partial charge in [0.2, 0.25) is 0 Å². The molecule has 0 saturated carbocycles.